The first-order valence-electron chi connectivity index (χ1n) is 8.96. The number of nitrogens with two attached hydrogens (primary N) is 1. The molecule has 9 heteroatoms. The third-order valence-electron chi connectivity index (χ3n) is 4.98. The number of nitrogens with zero attached hydrogens (tertiary/aromatic N) is 7. The summed E-state index contributed by atoms with van der Waals surface area (Å²) in [5.74, 6) is 2.28. The number of piperidine rings is 1. The molecule has 1 amide bonds. The van der Waals surface area contributed by atoms with E-state index in [9.17, 15) is 4.79 Å². The fraction of sp³-hybridized carbons (Fsp3) is 0.389. The van der Waals surface area contributed by atoms with Gasteiger partial charge in [0.1, 0.15) is 11.6 Å². The molecule has 140 valence electrons. The second-order valence-electron chi connectivity index (χ2n) is 6.83. The van der Waals surface area contributed by atoms with E-state index in [1.165, 1.54) is 0 Å². The number of nitrogen functional groups attached to an aromatic ring is 1. The van der Waals surface area contributed by atoms with Gasteiger partial charge in [-0.05, 0) is 25.0 Å². The van der Waals surface area contributed by atoms with Crippen LogP contribution in [0.2, 0.25) is 0 Å². The lowest BCUT2D eigenvalue weighted by Crippen LogP contribution is -2.39. The predicted molar refractivity (Wildman–Crippen MR) is 98.9 cm³/mol. The molecule has 1 atom stereocenters. The Hall–Kier alpha value is -3.23. The first-order valence-corrected chi connectivity index (χ1v) is 8.96. The van der Waals surface area contributed by atoms with E-state index in [1.54, 1.807) is 30.9 Å². The Morgan fingerprint density at radius 3 is 3.00 bits per heavy atom. The number of pyridine rings is 1. The summed E-state index contributed by atoms with van der Waals surface area (Å²) in [4.78, 5) is 22.7. The van der Waals surface area contributed by atoms with Crippen LogP contribution < -0.4 is 5.73 Å². The average molecular weight is 366 g/mol. The molecule has 4 heterocycles. The molecule has 0 bridgehead atoms. The molecule has 0 unspecified atom stereocenters. The van der Waals surface area contributed by atoms with Crippen molar-refractivity contribution in [2.45, 2.75) is 25.3 Å². The minimum atomic E-state index is -0.0189. The lowest BCUT2D eigenvalue weighted by atomic mass is 9.96. The fourth-order valence-electron chi connectivity index (χ4n) is 3.55. The van der Waals surface area contributed by atoms with Gasteiger partial charge in [-0.25, -0.2) is 9.97 Å². The van der Waals surface area contributed by atoms with E-state index in [4.69, 9.17) is 5.73 Å². The predicted octanol–water partition coefficient (Wildman–Crippen LogP) is 1.06. The van der Waals surface area contributed by atoms with E-state index >= 15 is 0 Å². The summed E-state index contributed by atoms with van der Waals surface area (Å²) in [5, 5.41) is 8.75. The van der Waals surface area contributed by atoms with Crippen LogP contribution >= 0.6 is 0 Å². The van der Waals surface area contributed by atoms with Crippen LogP contribution in [0.5, 0.6) is 0 Å². The minimum absolute atomic E-state index is 0.0189. The maximum absolute atomic E-state index is 12.8. The molecule has 27 heavy (non-hydrogen) atoms. The third-order valence-corrected chi connectivity index (χ3v) is 4.98. The summed E-state index contributed by atoms with van der Waals surface area (Å²) in [6.07, 6.45) is 8.88. The van der Waals surface area contributed by atoms with Crippen molar-refractivity contribution in [3.63, 3.8) is 0 Å². The quantitative estimate of drug-likeness (QED) is 0.740. The second-order valence-corrected chi connectivity index (χ2v) is 6.83. The maximum atomic E-state index is 12.8. The van der Waals surface area contributed by atoms with Crippen molar-refractivity contribution in [3.05, 3.63) is 54.3 Å². The van der Waals surface area contributed by atoms with E-state index < -0.39 is 0 Å². The zero-order chi connectivity index (χ0) is 18.8. The number of imidazole rings is 1. The molecular weight excluding hydrogens is 344 g/mol. The molecule has 0 aromatic carbocycles. The average Bonchev–Trinajstić information content (AvgIpc) is 3.32. The van der Waals surface area contributed by atoms with Crippen LogP contribution in [0.4, 0.5) is 5.82 Å². The Kier molecular flexibility index (Phi) is 4.57. The van der Waals surface area contributed by atoms with Crippen LogP contribution in [0.1, 0.15) is 40.8 Å². The number of hydrogen-bond donors (Lipinski definition) is 1. The Morgan fingerprint density at radius 1 is 1.33 bits per heavy atom. The van der Waals surface area contributed by atoms with Gasteiger partial charge < -0.3 is 19.8 Å². The van der Waals surface area contributed by atoms with Crippen molar-refractivity contribution in [2.24, 2.45) is 7.05 Å². The monoisotopic (exact) mass is 366 g/mol. The molecule has 0 spiro atoms. The number of carbonyl (C=O) groups excluding carboxylic acids is 1. The summed E-state index contributed by atoms with van der Waals surface area (Å²) in [6, 6.07) is 3.32. The van der Waals surface area contributed by atoms with Gasteiger partial charge in [0, 0.05) is 50.2 Å². The number of rotatable bonds is 4. The van der Waals surface area contributed by atoms with Crippen molar-refractivity contribution < 1.29 is 4.79 Å². The Morgan fingerprint density at radius 2 is 2.22 bits per heavy atom. The van der Waals surface area contributed by atoms with E-state index in [2.05, 4.69) is 20.2 Å². The Bertz CT molecular complexity index is 933. The number of carbonyl (C=O) groups is 1. The summed E-state index contributed by atoms with van der Waals surface area (Å²) in [6.45, 7) is 1.98. The highest BCUT2D eigenvalue weighted by Gasteiger charge is 2.29. The van der Waals surface area contributed by atoms with Crippen LogP contribution in [0, 0.1) is 0 Å². The Labute approximate surface area is 156 Å². The molecule has 2 N–H and O–H groups in total. The number of anilines is 1. The van der Waals surface area contributed by atoms with Crippen molar-refractivity contribution >= 4 is 11.7 Å². The van der Waals surface area contributed by atoms with Gasteiger partial charge in [-0.1, -0.05) is 0 Å². The van der Waals surface area contributed by atoms with Gasteiger partial charge in [0.15, 0.2) is 5.82 Å². The molecular formula is C18H22N8O. The Balaban J connectivity index is 1.50. The van der Waals surface area contributed by atoms with Crippen LogP contribution in [0.25, 0.3) is 0 Å². The highest BCUT2D eigenvalue weighted by atomic mass is 16.2. The van der Waals surface area contributed by atoms with Crippen LogP contribution in [-0.2, 0) is 13.6 Å². The highest BCUT2D eigenvalue weighted by Crippen LogP contribution is 2.27. The maximum Gasteiger partial charge on any atom is 0.254 e. The lowest BCUT2D eigenvalue weighted by molar-refractivity contribution is 0.0703. The van der Waals surface area contributed by atoms with E-state index in [1.807, 2.05) is 27.3 Å². The van der Waals surface area contributed by atoms with Gasteiger partial charge >= 0.3 is 0 Å². The molecule has 3 aromatic rings. The van der Waals surface area contributed by atoms with Crippen LogP contribution in [0.3, 0.4) is 0 Å². The van der Waals surface area contributed by atoms with E-state index in [-0.39, 0.29) is 11.8 Å². The molecule has 4 rings (SSSR count). The van der Waals surface area contributed by atoms with Gasteiger partial charge in [0.05, 0.1) is 12.9 Å². The molecule has 0 saturated carbocycles. The van der Waals surface area contributed by atoms with Crippen molar-refractivity contribution in [1.29, 1.82) is 0 Å². The SMILES string of the molecule is Cn1c(Cn2ccnc2)nnc1[C@H]1CCCN(C(=O)c2ccnc(N)c2)C1. The topological polar surface area (TPSA) is 108 Å². The van der Waals surface area contributed by atoms with E-state index in [0.717, 1.165) is 31.0 Å². The smallest absolute Gasteiger partial charge is 0.254 e. The van der Waals surface area contributed by atoms with E-state index in [0.29, 0.717) is 24.5 Å². The summed E-state index contributed by atoms with van der Waals surface area (Å²) >= 11 is 0. The number of amides is 1. The van der Waals surface area contributed by atoms with Crippen molar-refractivity contribution in [2.75, 3.05) is 18.8 Å². The molecule has 1 saturated heterocycles. The molecule has 1 aliphatic rings. The van der Waals surface area contributed by atoms with Crippen LogP contribution in [0.15, 0.2) is 37.1 Å². The summed E-state index contributed by atoms with van der Waals surface area (Å²) in [7, 11) is 1.98. The second kappa shape index (κ2) is 7.18. The minimum Gasteiger partial charge on any atom is -0.384 e. The number of hydrogen-bond acceptors (Lipinski definition) is 6. The molecule has 1 fully saturated rings. The van der Waals surface area contributed by atoms with Gasteiger partial charge in [0.2, 0.25) is 0 Å². The van der Waals surface area contributed by atoms with Crippen molar-refractivity contribution in [1.82, 2.24) is 34.2 Å². The molecule has 0 aliphatic carbocycles. The summed E-state index contributed by atoms with van der Waals surface area (Å²) in [5.41, 5.74) is 6.28. The van der Waals surface area contributed by atoms with Crippen LogP contribution in [-0.4, -0.2) is 53.2 Å². The zero-order valence-corrected chi connectivity index (χ0v) is 15.2. The molecule has 3 aromatic heterocycles. The van der Waals surface area contributed by atoms with Gasteiger partial charge in [-0.2, -0.15) is 0 Å². The molecule has 0 radical (unpaired) electrons. The first kappa shape index (κ1) is 17.2. The van der Waals surface area contributed by atoms with Gasteiger partial charge in [0.25, 0.3) is 5.91 Å². The standard InChI is InChI=1S/C18H22N8O/c1-24-16(11-25-8-6-20-12-25)22-23-17(24)14-3-2-7-26(10-14)18(27)13-4-5-21-15(19)9-13/h4-6,8-9,12,14H,2-3,7,10-11H2,1H3,(H2,19,21)/t14-/m0/s1. The third kappa shape index (κ3) is 3.53. The largest absolute Gasteiger partial charge is 0.384 e. The summed E-state index contributed by atoms with van der Waals surface area (Å²) < 4.78 is 3.99. The fourth-order valence-corrected chi connectivity index (χ4v) is 3.55. The highest BCUT2D eigenvalue weighted by molar-refractivity contribution is 5.94. The van der Waals surface area contributed by atoms with Gasteiger partial charge in [-0.3, -0.25) is 4.79 Å². The number of aromatic nitrogens is 6. The van der Waals surface area contributed by atoms with Crippen molar-refractivity contribution in [3.8, 4) is 0 Å². The first-order chi connectivity index (χ1) is 13.1. The molecule has 9 nitrogen and oxygen atoms in total. The molecule has 1 aliphatic heterocycles. The number of likely N-dealkylation sites (tertiary alicyclic amines) is 1. The lowest BCUT2D eigenvalue weighted by Gasteiger charge is -2.32. The zero-order valence-electron chi connectivity index (χ0n) is 15.2. The normalized spacial score (nSPS) is 17.2. The van der Waals surface area contributed by atoms with Gasteiger partial charge in [-0.15, -0.1) is 10.2 Å².